The highest BCUT2D eigenvalue weighted by Gasteiger charge is 2.40. The molecular weight excluding hydrogens is 210 g/mol. The lowest BCUT2D eigenvalue weighted by Crippen LogP contribution is -2.58. The number of nitrogens with two attached hydrogens (primary N) is 1. The van der Waals surface area contributed by atoms with Gasteiger partial charge >= 0.3 is 0 Å². The van der Waals surface area contributed by atoms with Gasteiger partial charge in [-0.3, -0.25) is 9.59 Å². The molecule has 0 aliphatic rings. The van der Waals surface area contributed by atoms with Crippen molar-refractivity contribution in [2.75, 3.05) is 13.6 Å². The monoisotopic (exact) mass is 225 g/mol. The number of nitrogens with zero attached hydrogens (tertiary/aromatic N) is 2. The molecule has 0 radical (unpaired) electrons. The Morgan fingerprint density at radius 2 is 2.44 bits per heavy atom. The van der Waals surface area contributed by atoms with Crippen LogP contribution in [0, 0.1) is 0 Å². The number of nitrogens with one attached hydrogen (secondary N) is 2. The molecule has 7 nitrogen and oxygen atoms in total. The summed E-state index contributed by atoms with van der Waals surface area (Å²) in [4.78, 5) is 26.4. The average Bonchev–Trinajstić information content (AvgIpc) is 2.72. The fourth-order valence-electron chi connectivity index (χ4n) is 1.59. The van der Waals surface area contributed by atoms with Crippen molar-refractivity contribution in [2.24, 2.45) is 12.8 Å². The minimum atomic E-state index is -1.28. The van der Waals surface area contributed by atoms with Gasteiger partial charge in [0, 0.05) is 20.6 Å². The number of rotatable bonds is 5. The molecule has 0 saturated heterocycles. The summed E-state index contributed by atoms with van der Waals surface area (Å²) < 4.78 is 1.64. The number of likely N-dealkylation sites (N-methyl/N-ethyl adjacent to an activating group) is 1. The summed E-state index contributed by atoms with van der Waals surface area (Å²) in [7, 11) is 3.21. The summed E-state index contributed by atoms with van der Waals surface area (Å²) >= 11 is 0. The highest BCUT2D eigenvalue weighted by Crippen LogP contribution is 2.18. The van der Waals surface area contributed by atoms with Gasteiger partial charge < -0.3 is 20.9 Å². The normalized spacial score (nSPS) is 13.9. The molecule has 0 aromatic carbocycles. The van der Waals surface area contributed by atoms with Gasteiger partial charge in [0.15, 0.2) is 5.54 Å². The number of carbonyl (C=O) groups excluding carboxylic acids is 2. The van der Waals surface area contributed by atoms with Crippen LogP contribution in [0.25, 0.3) is 0 Å². The van der Waals surface area contributed by atoms with E-state index in [1.165, 1.54) is 19.6 Å². The number of hydrogen-bond acceptors (Lipinski definition) is 4. The Bertz CT molecular complexity index is 389. The summed E-state index contributed by atoms with van der Waals surface area (Å²) in [5.41, 5.74) is 4.86. The van der Waals surface area contributed by atoms with Crippen molar-refractivity contribution in [1.29, 1.82) is 0 Å². The van der Waals surface area contributed by atoms with Crippen molar-refractivity contribution in [3.8, 4) is 0 Å². The maximum Gasteiger partial charge on any atom is 0.253 e. The summed E-state index contributed by atoms with van der Waals surface area (Å²) in [6, 6.07) is 0. The first kappa shape index (κ1) is 12.2. The molecule has 0 fully saturated rings. The van der Waals surface area contributed by atoms with Crippen LogP contribution in [0.2, 0.25) is 0 Å². The molecule has 0 aliphatic heterocycles. The molecule has 1 heterocycles. The van der Waals surface area contributed by atoms with Crippen LogP contribution in [0.5, 0.6) is 0 Å². The molecule has 2 amide bonds. The average molecular weight is 225 g/mol. The molecule has 1 rings (SSSR count). The number of aryl methyl sites for hydroxylation is 1. The van der Waals surface area contributed by atoms with Gasteiger partial charge in [-0.1, -0.05) is 0 Å². The molecule has 0 saturated carbocycles. The summed E-state index contributed by atoms with van der Waals surface area (Å²) in [6.45, 7) is -0.0506. The lowest BCUT2D eigenvalue weighted by molar-refractivity contribution is -0.130. The second-order valence-electron chi connectivity index (χ2n) is 3.34. The summed E-state index contributed by atoms with van der Waals surface area (Å²) in [5, 5.41) is 4.94. The van der Waals surface area contributed by atoms with Gasteiger partial charge in [-0.25, -0.2) is 4.98 Å². The van der Waals surface area contributed by atoms with Crippen LogP contribution in [0.3, 0.4) is 0 Å². The van der Waals surface area contributed by atoms with Crippen LogP contribution in [-0.4, -0.2) is 35.5 Å². The zero-order valence-corrected chi connectivity index (χ0v) is 9.23. The van der Waals surface area contributed by atoms with E-state index < -0.39 is 5.54 Å². The SMILES string of the molecule is CNC(=O)C(CN)(NC=O)c1cncn1C. The van der Waals surface area contributed by atoms with Crippen molar-refractivity contribution >= 4 is 12.3 Å². The van der Waals surface area contributed by atoms with Gasteiger partial charge in [0.25, 0.3) is 5.91 Å². The van der Waals surface area contributed by atoms with Crippen molar-refractivity contribution < 1.29 is 9.59 Å². The first-order chi connectivity index (χ1) is 7.62. The topological polar surface area (TPSA) is 102 Å². The van der Waals surface area contributed by atoms with E-state index in [2.05, 4.69) is 15.6 Å². The van der Waals surface area contributed by atoms with Gasteiger partial charge in [-0.05, 0) is 0 Å². The Kier molecular flexibility index (Phi) is 3.62. The van der Waals surface area contributed by atoms with Crippen molar-refractivity contribution in [2.45, 2.75) is 5.54 Å². The zero-order valence-electron chi connectivity index (χ0n) is 9.23. The Morgan fingerprint density at radius 3 is 2.81 bits per heavy atom. The zero-order chi connectivity index (χ0) is 12.2. The number of imidazole rings is 1. The van der Waals surface area contributed by atoms with E-state index in [9.17, 15) is 9.59 Å². The van der Waals surface area contributed by atoms with Gasteiger partial charge in [-0.15, -0.1) is 0 Å². The van der Waals surface area contributed by atoms with Crippen LogP contribution >= 0.6 is 0 Å². The molecule has 16 heavy (non-hydrogen) atoms. The molecule has 0 spiro atoms. The summed E-state index contributed by atoms with van der Waals surface area (Å²) in [6.07, 6.45) is 3.49. The first-order valence-electron chi connectivity index (χ1n) is 4.72. The number of aromatic nitrogens is 2. The fourth-order valence-corrected chi connectivity index (χ4v) is 1.59. The van der Waals surface area contributed by atoms with Gasteiger partial charge in [0.05, 0.1) is 18.2 Å². The van der Waals surface area contributed by atoms with E-state index >= 15 is 0 Å². The Morgan fingerprint density at radius 1 is 1.75 bits per heavy atom. The highest BCUT2D eigenvalue weighted by atomic mass is 16.2. The largest absolute Gasteiger partial charge is 0.357 e. The van der Waals surface area contributed by atoms with E-state index in [4.69, 9.17) is 5.73 Å². The molecule has 1 unspecified atom stereocenters. The van der Waals surface area contributed by atoms with Gasteiger partial charge in [0.2, 0.25) is 6.41 Å². The van der Waals surface area contributed by atoms with Crippen molar-refractivity contribution in [3.63, 3.8) is 0 Å². The van der Waals surface area contributed by atoms with E-state index in [0.717, 1.165) is 0 Å². The fraction of sp³-hybridized carbons (Fsp3) is 0.444. The van der Waals surface area contributed by atoms with Gasteiger partial charge in [0.1, 0.15) is 0 Å². The molecule has 1 aromatic rings. The van der Waals surface area contributed by atoms with E-state index in [0.29, 0.717) is 12.1 Å². The molecule has 88 valence electrons. The van der Waals surface area contributed by atoms with Crippen LogP contribution in [0.4, 0.5) is 0 Å². The first-order valence-corrected chi connectivity index (χ1v) is 4.72. The van der Waals surface area contributed by atoms with Crippen LogP contribution < -0.4 is 16.4 Å². The third-order valence-electron chi connectivity index (χ3n) is 2.48. The molecule has 0 aliphatic carbocycles. The third kappa shape index (κ3) is 1.76. The van der Waals surface area contributed by atoms with Crippen molar-refractivity contribution in [3.05, 3.63) is 18.2 Å². The minimum absolute atomic E-state index is 0.0506. The lowest BCUT2D eigenvalue weighted by atomic mass is 9.94. The molecule has 7 heteroatoms. The Labute approximate surface area is 93.0 Å². The number of carbonyl (C=O) groups is 2. The van der Waals surface area contributed by atoms with E-state index in [1.807, 2.05) is 0 Å². The maximum absolute atomic E-state index is 11.9. The van der Waals surface area contributed by atoms with Crippen molar-refractivity contribution in [1.82, 2.24) is 20.2 Å². The van der Waals surface area contributed by atoms with Crippen LogP contribution in [-0.2, 0) is 22.2 Å². The number of amides is 2. The third-order valence-corrected chi connectivity index (χ3v) is 2.48. The Balaban J connectivity index is 3.27. The molecule has 1 atom stereocenters. The molecule has 0 bridgehead atoms. The molecule has 4 N–H and O–H groups in total. The molecular formula is C9H15N5O2. The smallest absolute Gasteiger partial charge is 0.253 e. The standard InChI is InChI=1S/C9H15N5O2/c1-11-8(16)9(4-10,13-6-15)7-3-12-5-14(7)2/h3,5-6H,4,10H2,1-2H3,(H,11,16)(H,13,15). The van der Waals surface area contributed by atoms with Crippen LogP contribution in [0.1, 0.15) is 5.69 Å². The quantitative estimate of drug-likeness (QED) is 0.508. The second kappa shape index (κ2) is 4.75. The highest BCUT2D eigenvalue weighted by molar-refractivity contribution is 5.89. The van der Waals surface area contributed by atoms with Crippen LogP contribution in [0.15, 0.2) is 12.5 Å². The predicted octanol–water partition coefficient (Wildman–Crippen LogP) is -1.93. The molecule has 1 aromatic heterocycles. The van der Waals surface area contributed by atoms with Gasteiger partial charge in [-0.2, -0.15) is 0 Å². The Hall–Kier alpha value is -1.89. The van der Waals surface area contributed by atoms with E-state index in [-0.39, 0.29) is 12.5 Å². The van der Waals surface area contributed by atoms with E-state index in [1.54, 1.807) is 11.6 Å². The lowest BCUT2D eigenvalue weighted by Gasteiger charge is -2.29. The summed E-state index contributed by atoms with van der Waals surface area (Å²) in [5.74, 6) is -0.384. The maximum atomic E-state index is 11.9. The number of hydrogen-bond donors (Lipinski definition) is 3. The predicted molar refractivity (Wildman–Crippen MR) is 57.2 cm³/mol. The minimum Gasteiger partial charge on any atom is -0.357 e. The second-order valence-corrected chi connectivity index (χ2v) is 3.34.